The molecule has 19 atom stereocenters. The van der Waals surface area contributed by atoms with Crippen LogP contribution in [-0.4, -0.2) is 166 Å². The number of hydrogen-bond acceptors (Lipinski definition) is 18. The Kier molecular flexibility index (Phi) is 12.1. The zero-order chi connectivity index (χ0) is 31.7. The highest BCUT2D eigenvalue weighted by Crippen LogP contribution is 2.35. The van der Waals surface area contributed by atoms with Crippen molar-refractivity contribution in [3.63, 3.8) is 0 Å². The molecule has 3 saturated heterocycles. The van der Waals surface area contributed by atoms with E-state index in [0.29, 0.717) is 6.42 Å². The van der Waals surface area contributed by atoms with Gasteiger partial charge in [0.25, 0.3) is 0 Å². The van der Waals surface area contributed by atoms with E-state index in [1.807, 2.05) is 6.92 Å². The number of rotatable bonds is 10. The van der Waals surface area contributed by atoms with Crippen molar-refractivity contribution in [1.29, 1.82) is 0 Å². The van der Waals surface area contributed by atoms with Crippen molar-refractivity contribution in [3.05, 3.63) is 0 Å². The molecule has 4 aliphatic rings. The average Bonchev–Trinajstić information content (AvgIpc) is 3.29. The van der Waals surface area contributed by atoms with Crippen molar-refractivity contribution in [2.75, 3.05) is 19.8 Å². The highest BCUT2D eigenvalue weighted by atomic mass is 16.8. The normalized spacial score (nSPS) is 52.8. The molecule has 0 aromatic rings. The molecule has 3 heterocycles. The van der Waals surface area contributed by atoms with Crippen molar-refractivity contribution in [2.24, 2.45) is 34.6 Å². The first kappa shape index (κ1) is 35.1. The topological polar surface area (TPSA) is 327 Å². The van der Waals surface area contributed by atoms with Crippen LogP contribution in [0, 0.1) is 5.92 Å². The lowest BCUT2D eigenvalue weighted by atomic mass is 9.83. The van der Waals surface area contributed by atoms with Crippen LogP contribution in [0.4, 0.5) is 0 Å². The first-order valence-corrected chi connectivity index (χ1v) is 14.7. The van der Waals surface area contributed by atoms with E-state index in [-0.39, 0.29) is 13.0 Å². The quantitative estimate of drug-likeness (QED) is 0.107. The van der Waals surface area contributed by atoms with Gasteiger partial charge in [-0.2, -0.15) is 0 Å². The van der Waals surface area contributed by atoms with E-state index in [9.17, 15) is 35.7 Å². The van der Waals surface area contributed by atoms with E-state index in [2.05, 4.69) is 0 Å². The SMILES string of the molecule is CC[C@@H]1C(CO)O[C@H](O[C@@H]2C(N)C[C@@H](N)C(O)C2O[C@@H]2O[C@H](CO)[C@H](O[C@H]3OC(CN)[C@@H](O)C(O)C3N)[C@@H]2O)C(N)C1O. The van der Waals surface area contributed by atoms with Gasteiger partial charge in [0.1, 0.15) is 48.8 Å². The number of aliphatic hydroxyl groups is 7. The molecule has 0 aromatic carbocycles. The molecule has 3 aliphatic heterocycles. The molecule has 1 saturated carbocycles. The first-order valence-electron chi connectivity index (χ1n) is 14.7. The van der Waals surface area contributed by atoms with E-state index < -0.39 is 129 Å². The van der Waals surface area contributed by atoms with Gasteiger partial charge in [0, 0.05) is 24.5 Å². The molecule has 0 amide bonds. The molecule has 4 fully saturated rings. The van der Waals surface area contributed by atoms with Crippen molar-refractivity contribution in [3.8, 4) is 0 Å². The fourth-order valence-electron chi connectivity index (χ4n) is 6.31. The molecular formula is C25H49N5O13. The summed E-state index contributed by atoms with van der Waals surface area (Å²) in [6, 6.07) is -3.93. The molecule has 17 N–H and O–H groups in total. The summed E-state index contributed by atoms with van der Waals surface area (Å²) in [6.07, 6.45) is -17.0. The van der Waals surface area contributed by atoms with Gasteiger partial charge in [-0.15, -0.1) is 0 Å². The second-order valence-electron chi connectivity index (χ2n) is 11.8. The highest BCUT2D eigenvalue weighted by molar-refractivity contribution is 5.02. The number of nitrogens with two attached hydrogens (primary N) is 5. The average molecular weight is 628 g/mol. The van der Waals surface area contributed by atoms with Crippen LogP contribution in [0.2, 0.25) is 0 Å². The Balaban J connectivity index is 1.50. The van der Waals surface area contributed by atoms with Crippen molar-refractivity contribution in [2.45, 2.75) is 130 Å². The second kappa shape index (κ2) is 14.8. The molecule has 0 bridgehead atoms. The zero-order valence-electron chi connectivity index (χ0n) is 24.0. The van der Waals surface area contributed by atoms with Gasteiger partial charge in [-0.3, -0.25) is 0 Å². The minimum absolute atomic E-state index is 0.115. The molecule has 0 spiro atoms. The number of aliphatic hydroxyl groups excluding tert-OH is 7. The van der Waals surface area contributed by atoms with E-state index in [0.717, 1.165) is 0 Å². The summed E-state index contributed by atoms with van der Waals surface area (Å²) < 4.78 is 35.1. The summed E-state index contributed by atoms with van der Waals surface area (Å²) in [5, 5.41) is 73.2. The molecule has 1 aliphatic carbocycles. The molecule has 9 unspecified atom stereocenters. The molecule has 252 valence electrons. The van der Waals surface area contributed by atoms with Gasteiger partial charge >= 0.3 is 0 Å². The minimum Gasteiger partial charge on any atom is -0.394 e. The third-order valence-corrected chi connectivity index (χ3v) is 8.98. The molecule has 18 heteroatoms. The van der Waals surface area contributed by atoms with Gasteiger partial charge in [-0.1, -0.05) is 6.92 Å². The molecule has 18 nitrogen and oxygen atoms in total. The van der Waals surface area contributed by atoms with Gasteiger partial charge in [-0.05, 0) is 12.8 Å². The monoisotopic (exact) mass is 627 g/mol. The summed E-state index contributed by atoms with van der Waals surface area (Å²) in [5.41, 5.74) is 30.3. The van der Waals surface area contributed by atoms with E-state index in [1.54, 1.807) is 0 Å². The van der Waals surface area contributed by atoms with Gasteiger partial charge in [0.05, 0.1) is 43.6 Å². The lowest BCUT2D eigenvalue weighted by Gasteiger charge is -2.48. The lowest BCUT2D eigenvalue weighted by molar-refractivity contribution is -0.305. The van der Waals surface area contributed by atoms with Crippen LogP contribution >= 0.6 is 0 Å². The number of hydrogen-bond donors (Lipinski definition) is 12. The summed E-state index contributed by atoms with van der Waals surface area (Å²) in [6.45, 7) is 0.639. The predicted octanol–water partition coefficient (Wildman–Crippen LogP) is -7.20. The van der Waals surface area contributed by atoms with Crippen LogP contribution < -0.4 is 28.7 Å². The Morgan fingerprint density at radius 3 is 1.72 bits per heavy atom. The fraction of sp³-hybridized carbons (Fsp3) is 1.00. The molecule has 4 rings (SSSR count). The van der Waals surface area contributed by atoms with Crippen LogP contribution in [0.15, 0.2) is 0 Å². The van der Waals surface area contributed by atoms with Crippen molar-refractivity contribution >= 4 is 0 Å². The molecule has 0 aromatic heterocycles. The Hall–Kier alpha value is -0.720. The van der Waals surface area contributed by atoms with Gasteiger partial charge in [0.15, 0.2) is 18.9 Å². The maximum atomic E-state index is 11.2. The Morgan fingerprint density at radius 2 is 1.14 bits per heavy atom. The Labute approximate surface area is 248 Å². The van der Waals surface area contributed by atoms with Gasteiger partial charge in [-0.25, -0.2) is 0 Å². The maximum absolute atomic E-state index is 11.2. The van der Waals surface area contributed by atoms with E-state index in [4.69, 9.17) is 57.1 Å². The molecule has 43 heavy (non-hydrogen) atoms. The fourth-order valence-corrected chi connectivity index (χ4v) is 6.31. The van der Waals surface area contributed by atoms with Crippen LogP contribution in [0.3, 0.4) is 0 Å². The van der Waals surface area contributed by atoms with E-state index >= 15 is 0 Å². The summed E-state index contributed by atoms with van der Waals surface area (Å²) in [7, 11) is 0. The molecule has 0 radical (unpaired) electrons. The third-order valence-electron chi connectivity index (χ3n) is 8.98. The Morgan fingerprint density at radius 1 is 0.605 bits per heavy atom. The lowest BCUT2D eigenvalue weighted by Crippen LogP contribution is -2.67. The smallest absolute Gasteiger partial charge is 0.187 e. The summed E-state index contributed by atoms with van der Waals surface area (Å²) >= 11 is 0. The standard InChI is InChI=1S/C25H49N5O13/c1-2-7-11(5-31)39-23(13(29)15(7)33)41-20-9(28)3-8(27)16(34)22(20)43-25-19(37)21(12(6-32)40-25)42-24-14(30)18(36)17(35)10(4-26)38-24/h7-25,31-37H,2-6,26-30H2,1H3/t7-,8-,9?,10?,11?,12-,13?,14?,15?,16?,17-,18?,19+,20-,21+,22?,23-,24-,25+/m1/s1. The maximum Gasteiger partial charge on any atom is 0.187 e. The third kappa shape index (κ3) is 7.02. The largest absolute Gasteiger partial charge is 0.394 e. The Bertz CT molecular complexity index is 881. The summed E-state index contributed by atoms with van der Waals surface area (Å²) in [4.78, 5) is 0. The van der Waals surface area contributed by atoms with Gasteiger partial charge in [0.2, 0.25) is 0 Å². The summed E-state index contributed by atoms with van der Waals surface area (Å²) in [5.74, 6) is -0.439. The van der Waals surface area contributed by atoms with Crippen molar-refractivity contribution < 1.29 is 64.2 Å². The van der Waals surface area contributed by atoms with Crippen LogP contribution in [0.1, 0.15) is 19.8 Å². The van der Waals surface area contributed by atoms with Crippen molar-refractivity contribution in [1.82, 2.24) is 0 Å². The zero-order valence-corrected chi connectivity index (χ0v) is 24.0. The minimum atomic E-state index is -1.59. The van der Waals surface area contributed by atoms with Crippen LogP contribution in [-0.2, 0) is 28.4 Å². The van der Waals surface area contributed by atoms with E-state index in [1.165, 1.54) is 0 Å². The van der Waals surface area contributed by atoms with Gasteiger partial charge < -0.3 is 92.8 Å². The first-order chi connectivity index (χ1) is 20.4. The van der Waals surface area contributed by atoms with Crippen LogP contribution in [0.25, 0.3) is 0 Å². The predicted molar refractivity (Wildman–Crippen MR) is 144 cm³/mol. The number of ether oxygens (including phenoxy) is 6. The second-order valence-corrected chi connectivity index (χ2v) is 11.8. The van der Waals surface area contributed by atoms with Crippen LogP contribution in [0.5, 0.6) is 0 Å². The molecular weight excluding hydrogens is 578 g/mol. The highest BCUT2D eigenvalue weighted by Gasteiger charge is 2.54.